The molecule has 1 N–H and O–H groups in total. The lowest BCUT2D eigenvalue weighted by atomic mass is 9.92. The topological polar surface area (TPSA) is 54.4 Å². The standard InChI is InChI=1S/C14H14O3S/c1-14(18(16)17,11-5-3-2-4-6-11)12-7-9-13(15)10-8-12/h2-10,15,18H,1H3. The fourth-order valence-corrected chi connectivity index (χ4v) is 2.65. The zero-order valence-electron chi connectivity index (χ0n) is 9.91. The number of hydrogen-bond donors (Lipinski definition) is 2. The lowest BCUT2D eigenvalue weighted by Gasteiger charge is -2.24. The maximum Gasteiger partial charge on any atom is 0.153 e. The van der Waals surface area contributed by atoms with Gasteiger partial charge in [0.25, 0.3) is 0 Å². The first-order valence-electron chi connectivity index (χ1n) is 5.54. The van der Waals surface area contributed by atoms with Crippen molar-refractivity contribution >= 4 is 10.7 Å². The first kappa shape index (κ1) is 12.6. The van der Waals surface area contributed by atoms with Gasteiger partial charge in [-0.2, -0.15) is 0 Å². The highest BCUT2D eigenvalue weighted by atomic mass is 32.2. The summed E-state index contributed by atoms with van der Waals surface area (Å²) in [5.74, 6) is 0.121. The Kier molecular flexibility index (Phi) is 3.39. The number of aromatic hydroxyl groups is 1. The number of hydrogen-bond acceptors (Lipinski definition) is 3. The minimum atomic E-state index is -2.69. The van der Waals surface area contributed by atoms with Gasteiger partial charge < -0.3 is 5.11 Å². The van der Waals surface area contributed by atoms with Crippen LogP contribution < -0.4 is 0 Å². The van der Waals surface area contributed by atoms with Gasteiger partial charge >= 0.3 is 0 Å². The Labute approximate surface area is 108 Å². The third-order valence-corrected chi connectivity index (χ3v) is 4.38. The van der Waals surface area contributed by atoms with E-state index in [1.165, 1.54) is 12.1 Å². The Morgan fingerprint density at radius 1 is 0.889 bits per heavy atom. The van der Waals surface area contributed by atoms with E-state index in [1.54, 1.807) is 31.2 Å². The summed E-state index contributed by atoms with van der Waals surface area (Å²) in [5, 5.41) is 9.28. The van der Waals surface area contributed by atoms with Crippen molar-refractivity contribution in [1.29, 1.82) is 0 Å². The molecule has 1 unspecified atom stereocenters. The second kappa shape index (κ2) is 4.82. The number of benzene rings is 2. The molecule has 94 valence electrons. The van der Waals surface area contributed by atoms with Crippen molar-refractivity contribution < 1.29 is 13.5 Å². The van der Waals surface area contributed by atoms with Crippen LogP contribution in [-0.2, 0) is 15.5 Å². The van der Waals surface area contributed by atoms with Crippen molar-refractivity contribution in [3.63, 3.8) is 0 Å². The van der Waals surface area contributed by atoms with Crippen LogP contribution in [0.1, 0.15) is 18.1 Å². The average molecular weight is 262 g/mol. The van der Waals surface area contributed by atoms with E-state index in [2.05, 4.69) is 0 Å². The normalized spacial score (nSPS) is 14.3. The molecule has 2 rings (SSSR count). The molecule has 2 aromatic rings. The zero-order valence-corrected chi connectivity index (χ0v) is 10.8. The minimum absolute atomic E-state index is 0.121. The maximum atomic E-state index is 11.7. The fraction of sp³-hybridized carbons (Fsp3) is 0.143. The Balaban J connectivity index is 2.62. The molecule has 0 spiro atoms. The molecule has 0 aliphatic carbocycles. The summed E-state index contributed by atoms with van der Waals surface area (Å²) in [6.07, 6.45) is 0. The van der Waals surface area contributed by atoms with Gasteiger partial charge in [-0.1, -0.05) is 42.5 Å². The van der Waals surface area contributed by atoms with Gasteiger partial charge in [-0.25, -0.2) is 8.42 Å². The molecule has 0 amide bonds. The van der Waals surface area contributed by atoms with Gasteiger partial charge in [0.1, 0.15) is 10.5 Å². The molecule has 4 heteroatoms. The van der Waals surface area contributed by atoms with Crippen LogP contribution in [0.25, 0.3) is 0 Å². The van der Waals surface area contributed by atoms with E-state index >= 15 is 0 Å². The zero-order chi connectivity index (χ0) is 13.2. The molecule has 0 bridgehead atoms. The van der Waals surface area contributed by atoms with Crippen LogP contribution in [0.15, 0.2) is 54.6 Å². The summed E-state index contributed by atoms with van der Waals surface area (Å²) < 4.78 is 22.3. The highest BCUT2D eigenvalue weighted by Crippen LogP contribution is 2.33. The van der Waals surface area contributed by atoms with Crippen molar-refractivity contribution in [3.8, 4) is 5.75 Å². The summed E-state index contributed by atoms with van der Waals surface area (Å²) in [6, 6.07) is 15.3. The van der Waals surface area contributed by atoms with E-state index in [0.29, 0.717) is 11.1 Å². The molecule has 0 aliphatic rings. The lowest BCUT2D eigenvalue weighted by Crippen LogP contribution is -2.25. The van der Waals surface area contributed by atoms with Gasteiger partial charge in [0.2, 0.25) is 0 Å². The molecule has 0 aromatic heterocycles. The van der Waals surface area contributed by atoms with Gasteiger partial charge in [-0.3, -0.25) is 0 Å². The summed E-state index contributed by atoms with van der Waals surface area (Å²) in [6.45, 7) is 1.67. The molecular weight excluding hydrogens is 248 g/mol. The molecular formula is C14H14O3S. The monoisotopic (exact) mass is 262 g/mol. The quantitative estimate of drug-likeness (QED) is 0.834. The highest BCUT2D eigenvalue weighted by Gasteiger charge is 2.32. The smallest absolute Gasteiger partial charge is 0.153 e. The Morgan fingerprint density at radius 2 is 1.39 bits per heavy atom. The molecule has 1 atom stereocenters. The van der Waals surface area contributed by atoms with Crippen molar-refractivity contribution in [3.05, 3.63) is 65.7 Å². The van der Waals surface area contributed by atoms with E-state index < -0.39 is 15.5 Å². The van der Waals surface area contributed by atoms with Crippen molar-refractivity contribution in [1.82, 2.24) is 0 Å². The Morgan fingerprint density at radius 3 is 1.89 bits per heavy atom. The summed E-state index contributed by atoms with van der Waals surface area (Å²) in [5.41, 5.74) is 1.36. The number of thiol groups is 1. The lowest BCUT2D eigenvalue weighted by molar-refractivity contribution is 0.474. The van der Waals surface area contributed by atoms with Crippen LogP contribution >= 0.6 is 0 Å². The largest absolute Gasteiger partial charge is 0.508 e. The van der Waals surface area contributed by atoms with Crippen molar-refractivity contribution in [2.45, 2.75) is 11.7 Å². The second-order valence-electron chi connectivity index (χ2n) is 4.24. The van der Waals surface area contributed by atoms with Gasteiger partial charge in [-0.15, -0.1) is 0 Å². The van der Waals surface area contributed by atoms with Crippen LogP contribution in [-0.4, -0.2) is 13.5 Å². The second-order valence-corrected chi connectivity index (χ2v) is 5.65. The van der Waals surface area contributed by atoms with Crippen molar-refractivity contribution in [2.24, 2.45) is 0 Å². The molecule has 0 aliphatic heterocycles. The molecule has 0 saturated heterocycles. The predicted molar refractivity (Wildman–Crippen MR) is 71.3 cm³/mol. The molecule has 18 heavy (non-hydrogen) atoms. The molecule has 0 fully saturated rings. The summed E-state index contributed by atoms with van der Waals surface area (Å²) >= 11 is 0. The van der Waals surface area contributed by atoms with Gasteiger partial charge in [-0.05, 0) is 30.2 Å². The number of phenols is 1. The Bertz CT molecular complexity index is 595. The van der Waals surface area contributed by atoms with Gasteiger partial charge in [0.05, 0.1) is 0 Å². The third-order valence-electron chi connectivity index (χ3n) is 3.13. The van der Waals surface area contributed by atoms with Crippen LogP contribution in [0.2, 0.25) is 0 Å². The summed E-state index contributed by atoms with van der Waals surface area (Å²) in [7, 11) is -2.69. The number of phenolic OH excluding ortho intramolecular Hbond substituents is 1. The first-order chi connectivity index (χ1) is 8.55. The van der Waals surface area contributed by atoms with Crippen LogP contribution in [0.5, 0.6) is 5.75 Å². The maximum absolute atomic E-state index is 11.7. The third kappa shape index (κ3) is 2.11. The molecule has 2 aromatic carbocycles. The fourth-order valence-electron chi connectivity index (χ4n) is 1.93. The van der Waals surface area contributed by atoms with Crippen LogP contribution in [0, 0.1) is 0 Å². The van der Waals surface area contributed by atoms with Crippen LogP contribution in [0.4, 0.5) is 0 Å². The molecule has 3 nitrogen and oxygen atoms in total. The van der Waals surface area contributed by atoms with Crippen LogP contribution in [0.3, 0.4) is 0 Å². The van der Waals surface area contributed by atoms with E-state index in [9.17, 15) is 13.5 Å². The van der Waals surface area contributed by atoms with Gasteiger partial charge in [0, 0.05) is 0 Å². The van der Waals surface area contributed by atoms with Crippen molar-refractivity contribution in [2.75, 3.05) is 0 Å². The SMILES string of the molecule is CC(c1ccccc1)(c1ccc(O)cc1)[SH](=O)=O. The van der Waals surface area contributed by atoms with E-state index in [0.717, 1.165) is 0 Å². The highest BCUT2D eigenvalue weighted by molar-refractivity contribution is 7.73. The molecule has 0 heterocycles. The first-order valence-corrected chi connectivity index (χ1v) is 6.72. The minimum Gasteiger partial charge on any atom is -0.508 e. The van der Waals surface area contributed by atoms with Gasteiger partial charge in [0.15, 0.2) is 10.7 Å². The predicted octanol–water partition coefficient (Wildman–Crippen LogP) is 2.27. The Hall–Kier alpha value is -1.81. The van der Waals surface area contributed by atoms with E-state index in [-0.39, 0.29) is 5.75 Å². The number of rotatable bonds is 3. The van der Waals surface area contributed by atoms with E-state index in [1.807, 2.05) is 18.2 Å². The molecule has 0 saturated carbocycles. The van der Waals surface area contributed by atoms with E-state index in [4.69, 9.17) is 0 Å². The average Bonchev–Trinajstić information content (AvgIpc) is 2.39. The molecule has 0 radical (unpaired) electrons. The summed E-state index contributed by atoms with van der Waals surface area (Å²) in [4.78, 5) is 0.